The Hall–Kier alpha value is -2.60. The molecule has 0 aliphatic heterocycles. The molecule has 0 fully saturated rings. The van der Waals surface area contributed by atoms with Crippen molar-refractivity contribution in [3.8, 4) is 16.9 Å². The first kappa shape index (κ1) is 16.3. The number of anilines is 1. The summed E-state index contributed by atoms with van der Waals surface area (Å²) in [5.74, 6) is 0. The zero-order valence-corrected chi connectivity index (χ0v) is 14.5. The highest BCUT2D eigenvalue weighted by atomic mass is 32.2. The van der Waals surface area contributed by atoms with Gasteiger partial charge in [-0.15, -0.1) is 0 Å². The van der Waals surface area contributed by atoms with Gasteiger partial charge in [0.1, 0.15) is 0 Å². The van der Waals surface area contributed by atoms with Gasteiger partial charge in [0.15, 0.2) is 0 Å². The van der Waals surface area contributed by atoms with Crippen LogP contribution >= 0.6 is 0 Å². The molecule has 1 heterocycles. The standard InChI is InChI=1S/C18H19N3O2S/c1-3-15-12-18(14-6-4-13(2)5-7-14)21(19-15)17-10-8-16(9-11-17)20-24(22)23/h4-12,24H,3H2,1-2H3,(H,20,22,23). The zero-order chi connectivity index (χ0) is 17.1. The molecular formula is C18H19N3O2S. The van der Waals surface area contributed by atoms with Crippen molar-refractivity contribution < 1.29 is 8.42 Å². The molecule has 0 saturated heterocycles. The summed E-state index contributed by atoms with van der Waals surface area (Å²) in [6.45, 7) is 4.13. The lowest BCUT2D eigenvalue weighted by molar-refractivity contribution is 0.619. The highest BCUT2D eigenvalue weighted by molar-refractivity contribution is 7.73. The fourth-order valence-electron chi connectivity index (χ4n) is 2.51. The monoisotopic (exact) mass is 341 g/mol. The first-order valence-corrected chi connectivity index (χ1v) is 8.92. The molecule has 2 aromatic carbocycles. The summed E-state index contributed by atoms with van der Waals surface area (Å²) in [6, 6.07) is 17.6. The van der Waals surface area contributed by atoms with Crippen LogP contribution in [0.1, 0.15) is 18.2 Å². The van der Waals surface area contributed by atoms with Gasteiger partial charge in [-0.3, -0.25) is 4.72 Å². The average Bonchev–Trinajstić information content (AvgIpc) is 3.00. The smallest absolute Gasteiger partial charge is 0.222 e. The summed E-state index contributed by atoms with van der Waals surface area (Å²) in [5.41, 5.74) is 5.75. The van der Waals surface area contributed by atoms with Gasteiger partial charge < -0.3 is 0 Å². The average molecular weight is 341 g/mol. The highest BCUT2D eigenvalue weighted by Gasteiger charge is 2.11. The molecule has 1 N–H and O–H groups in total. The summed E-state index contributed by atoms with van der Waals surface area (Å²) >= 11 is 0. The van der Waals surface area contributed by atoms with E-state index in [2.05, 4.69) is 54.0 Å². The van der Waals surface area contributed by atoms with E-state index in [0.717, 1.165) is 29.1 Å². The molecule has 0 spiro atoms. The SMILES string of the molecule is CCc1cc(-c2ccc(C)cc2)n(-c2ccc(N[SH](=O)=O)cc2)n1. The van der Waals surface area contributed by atoms with E-state index in [9.17, 15) is 8.42 Å². The van der Waals surface area contributed by atoms with Gasteiger partial charge in [-0.25, -0.2) is 13.1 Å². The predicted octanol–water partition coefficient (Wildman–Crippen LogP) is 3.35. The van der Waals surface area contributed by atoms with Gasteiger partial charge in [0.05, 0.1) is 17.1 Å². The van der Waals surface area contributed by atoms with E-state index in [1.165, 1.54) is 5.56 Å². The van der Waals surface area contributed by atoms with Crippen molar-refractivity contribution in [3.63, 3.8) is 0 Å². The molecule has 0 bridgehead atoms. The minimum absolute atomic E-state index is 0.537. The van der Waals surface area contributed by atoms with Crippen LogP contribution in [0, 0.1) is 6.92 Å². The molecule has 0 saturated carbocycles. The van der Waals surface area contributed by atoms with Gasteiger partial charge in [0, 0.05) is 11.3 Å². The molecule has 0 aliphatic rings. The number of nitrogens with one attached hydrogen (secondary N) is 1. The molecule has 24 heavy (non-hydrogen) atoms. The van der Waals surface area contributed by atoms with E-state index in [4.69, 9.17) is 0 Å². The third-order valence-electron chi connectivity index (χ3n) is 3.80. The van der Waals surface area contributed by atoms with Crippen molar-refractivity contribution >= 4 is 16.6 Å². The lowest BCUT2D eigenvalue weighted by atomic mass is 10.1. The van der Waals surface area contributed by atoms with Crippen LogP contribution in [-0.4, -0.2) is 18.2 Å². The number of thiol groups is 1. The van der Waals surface area contributed by atoms with Gasteiger partial charge in [0.25, 0.3) is 0 Å². The van der Waals surface area contributed by atoms with E-state index in [1.807, 2.05) is 16.8 Å². The molecule has 5 nitrogen and oxygen atoms in total. The zero-order valence-electron chi connectivity index (χ0n) is 13.6. The molecule has 0 amide bonds. The minimum Gasteiger partial charge on any atom is -0.286 e. The third-order valence-corrected chi connectivity index (χ3v) is 4.24. The highest BCUT2D eigenvalue weighted by Crippen LogP contribution is 2.25. The lowest BCUT2D eigenvalue weighted by Gasteiger charge is -2.09. The van der Waals surface area contributed by atoms with Gasteiger partial charge in [-0.05, 0) is 43.7 Å². The van der Waals surface area contributed by atoms with E-state index in [1.54, 1.807) is 12.1 Å². The summed E-state index contributed by atoms with van der Waals surface area (Å²) in [4.78, 5) is 0. The van der Waals surface area contributed by atoms with E-state index >= 15 is 0 Å². The maximum absolute atomic E-state index is 10.7. The minimum atomic E-state index is -2.66. The Morgan fingerprint density at radius 1 is 1.04 bits per heavy atom. The Morgan fingerprint density at radius 2 is 1.71 bits per heavy atom. The second kappa shape index (κ2) is 6.88. The molecule has 0 unspecified atom stereocenters. The summed E-state index contributed by atoms with van der Waals surface area (Å²) in [7, 11) is -2.66. The van der Waals surface area contributed by atoms with E-state index in [-0.39, 0.29) is 0 Å². The van der Waals surface area contributed by atoms with E-state index in [0.29, 0.717) is 5.69 Å². The van der Waals surface area contributed by atoms with Crippen molar-refractivity contribution in [3.05, 3.63) is 65.9 Å². The fourth-order valence-corrected chi connectivity index (χ4v) is 2.87. The molecule has 124 valence electrons. The van der Waals surface area contributed by atoms with Crippen LogP contribution in [0.25, 0.3) is 16.9 Å². The summed E-state index contributed by atoms with van der Waals surface area (Å²) in [6.07, 6.45) is 0.849. The summed E-state index contributed by atoms with van der Waals surface area (Å²) in [5, 5.41) is 4.67. The van der Waals surface area contributed by atoms with Gasteiger partial charge in [-0.2, -0.15) is 5.10 Å². The van der Waals surface area contributed by atoms with Crippen LogP contribution in [0.2, 0.25) is 0 Å². The number of benzene rings is 2. The number of rotatable bonds is 5. The Morgan fingerprint density at radius 3 is 2.29 bits per heavy atom. The molecule has 6 heteroatoms. The molecule has 3 aromatic rings. The number of hydrogen-bond donors (Lipinski definition) is 2. The van der Waals surface area contributed by atoms with Gasteiger partial charge >= 0.3 is 0 Å². The fraction of sp³-hybridized carbons (Fsp3) is 0.167. The van der Waals surface area contributed by atoms with Crippen LogP contribution in [0.3, 0.4) is 0 Å². The Balaban J connectivity index is 2.03. The second-order valence-corrected chi connectivity index (χ2v) is 6.31. The number of hydrogen-bond acceptors (Lipinski definition) is 3. The third kappa shape index (κ3) is 3.49. The largest absolute Gasteiger partial charge is 0.286 e. The van der Waals surface area contributed by atoms with Gasteiger partial charge in [-0.1, -0.05) is 36.8 Å². The van der Waals surface area contributed by atoms with Crippen molar-refractivity contribution in [1.82, 2.24) is 9.78 Å². The summed E-state index contributed by atoms with van der Waals surface area (Å²) < 4.78 is 25.8. The molecule has 3 rings (SSSR count). The molecular weight excluding hydrogens is 322 g/mol. The van der Waals surface area contributed by atoms with Crippen LogP contribution in [0.5, 0.6) is 0 Å². The number of aromatic nitrogens is 2. The van der Waals surface area contributed by atoms with Crippen molar-refractivity contribution in [2.75, 3.05) is 4.72 Å². The van der Waals surface area contributed by atoms with Crippen LogP contribution in [0.15, 0.2) is 54.6 Å². The van der Waals surface area contributed by atoms with Crippen LogP contribution < -0.4 is 4.72 Å². The van der Waals surface area contributed by atoms with Crippen molar-refractivity contribution in [2.24, 2.45) is 0 Å². The van der Waals surface area contributed by atoms with Crippen LogP contribution in [-0.2, 0) is 17.3 Å². The molecule has 0 aliphatic carbocycles. The number of nitrogens with zero attached hydrogens (tertiary/aromatic N) is 2. The van der Waals surface area contributed by atoms with Crippen molar-refractivity contribution in [2.45, 2.75) is 20.3 Å². The maximum atomic E-state index is 10.7. The Labute approximate surface area is 143 Å². The topological polar surface area (TPSA) is 64.0 Å². The lowest BCUT2D eigenvalue weighted by Crippen LogP contribution is -2.01. The number of aryl methyl sites for hydroxylation is 2. The predicted molar refractivity (Wildman–Crippen MR) is 97.1 cm³/mol. The van der Waals surface area contributed by atoms with Gasteiger partial charge in [0.2, 0.25) is 10.9 Å². The molecule has 0 radical (unpaired) electrons. The first-order chi connectivity index (χ1) is 11.6. The van der Waals surface area contributed by atoms with Crippen molar-refractivity contribution in [1.29, 1.82) is 0 Å². The second-order valence-electron chi connectivity index (χ2n) is 5.57. The molecule has 1 aromatic heterocycles. The first-order valence-electron chi connectivity index (χ1n) is 7.74. The van der Waals surface area contributed by atoms with E-state index < -0.39 is 10.9 Å². The molecule has 0 atom stereocenters. The Kier molecular flexibility index (Phi) is 4.66. The normalized spacial score (nSPS) is 11.0. The maximum Gasteiger partial charge on any atom is 0.222 e. The quantitative estimate of drug-likeness (QED) is 0.700. The Bertz CT molecular complexity index is 902. The van der Waals surface area contributed by atoms with Crippen LogP contribution in [0.4, 0.5) is 5.69 Å².